The third kappa shape index (κ3) is 3.89. The molecule has 2 rings (SSSR count). The second-order valence-corrected chi connectivity index (χ2v) is 3.94. The molecule has 2 aromatic carbocycles. The van der Waals surface area contributed by atoms with Gasteiger partial charge in [0.2, 0.25) is 0 Å². The van der Waals surface area contributed by atoms with Crippen molar-refractivity contribution < 1.29 is 22.6 Å². The monoisotopic (exact) mass is 283 g/mol. The lowest BCUT2D eigenvalue weighted by Gasteiger charge is -2.13. The van der Waals surface area contributed by atoms with Crippen LogP contribution in [0.15, 0.2) is 48.5 Å². The first-order chi connectivity index (χ1) is 9.48. The Morgan fingerprint density at radius 1 is 0.900 bits per heavy atom. The maximum atomic E-state index is 12.3. The predicted octanol–water partition coefficient (Wildman–Crippen LogP) is 3.84. The molecule has 6 heteroatoms. The first kappa shape index (κ1) is 14.2. The molecule has 2 N–H and O–H groups in total. The van der Waals surface area contributed by atoms with Gasteiger partial charge in [-0.05, 0) is 29.8 Å². The molecular weight excluding hydrogens is 271 g/mol. The minimum Gasteiger partial charge on any atom is -0.453 e. The van der Waals surface area contributed by atoms with Crippen LogP contribution in [0.1, 0.15) is 5.56 Å². The summed E-state index contributed by atoms with van der Waals surface area (Å²) in [5, 5.41) is 0. The van der Waals surface area contributed by atoms with Crippen LogP contribution in [-0.4, -0.2) is 6.36 Å². The number of benzene rings is 2. The average molecular weight is 283 g/mol. The Morgan fingerprint density at radius 3 is 2.05 bits per heavy atom. The molecule has 0 saturated heterocycles. The SMILES string of the molecule is NCc1ccc(Oc2ccccc2OC(F)(F)F)cc1. The van der Waals surface area contributed by atoms with Crippen LogP contribution >= 0.6 is 0 Å². The molecule has 106 valence electrons. The van der Waals surface area contributed by atoms with E-state index in [0.29, 0.717) is 12.3 Å². The molecule has 0 aliphatic rings. The van der Waals surface area contributed by atoms with E-state index < -0.39 is 6.36 Å². The molecule has 0 heterocycles. The fourth-order valence-corrected chi connectivity index (χ4v) is 1.56. The van der Waals surface area contributed by atoms with Crippen molar-refractivity contribution in [2.24, 2.45) is 5.73 Å². The minimum absolute atomic E-state index is 0.00896. The Balaban J connectivity index is 2.19. The van der Waals surface area contributed by atoms with Gasteiger partial charge < -0.3 is 15.2 Å². The van der Waals surface area contributed by atoms with E-state index in [-0.39, 0.29) is 11.5 Å². The lowest BCUT2D eigenvalue weighted by molar-refractivity contribution is -0.275. The Kier molecular flexibility index (Phi) is 4.14. The van der Waals surface area contributed by atoms with Crippen LogP contribution in [0.5, 0.6) is 17.2 Å². The topological polar surface area (TPSA) is 44.5 Å². The van der Waals surface area contributed by atoms with Crippen LogP contribution in [0, 0.1) is 0 Å². The van der Waals surface area contributed by atoms with Gasteiger partial charge in [-0.2, -0.15) is 0 Å². The van der Waals surface area contributed by atoms with Crippen molar-refractivity contribution in [3.63, 3.8) is 0 Å². The van der Waals surface area contributed by atoms with Gasteiger partial charge in [-0.15, -0.1) is 13.2 Å². The third-order valence-corrected chi connectivity index (χ3v) is 2.46. The highest BCUT2D eigenvalue weighted by atomic mass is 19.4. The molecule has 0 aromatic heterocycles. The molecule has 0 spiro atoms. The van der Waals surface area contributed by atoms with Gasteiger partial charge in [0.05, 0.1) is 0 Å². The maximum absolute atomic E-state index is 12.3. The molecular formula is C14H12F3NO2. The van der Waals surface area contributed by atoms with E-state index in [2.05, 4.69) is 4.74 Å². The fourth-order valence-electron chi connectivity index (χ4n) is 1.56. The summed E-state index contributed by atoms with van der Waals surface area (Å²) in [6.07, 6.45) is -4.76. The Hall–Kier alpha value is -2.21. The van der Waals surface area contributed by atoms with E-state index in [0.717, 1.165) is 5.56 Å². The highest BCUT2D eigenvalue weighted by molar-refractivity contribution is 5.43. The van der Waals surface area contributed by atoms with Crippen LogP contribution in [0.2, 0.25) is 0 Å². The van der Waals surface area contributed by atoms with Gasteiger partial charge in [0.1, 0.15) is 5.75 Å². The Morgan fingerprint density at radius 2 is 1.50 bits per heavy atom. The van der Waals surface area contributed by atoms with Crippen LogP contribution in [0.4, 0.5) is 13.2 Å². The molecule has 0 bridgehead atoms. The van der Waals surface area contributed by atoms with E-state index in [9.17, 15) is 13.2 Å². The number of alkyl halides is 3. The Bertz CT molecular complexity index is 567. The van der Waals surface area contributed by atoms with E-state index in [1.165, 1.54) is 18.2 Å². The zero-order valence-corrected chi connectivity index (χ0v) is 10.4. The van der Waals surface area contributed by atoms with Crippen molar-refractivity contribution in [1.29, 1.82) is 0 Å². The lowest BCUT2D eigenvalue weighted by Crippen LogP contribution is -2.17. The van der Waals surface area contributed by atoms with E-state index in [4.69, 9.17) is 10.5 Å². The lowest BCUT2D eigenvalue weighted by atomic mass is 10.2. The van der Waals surface area contributed by atoms with Crippen LogP contribution in [0.3, 0.4) is 0 Å². The number of hydrogen-bond acceptors (Lipinski definition) is 3. The standard InChI is InChI=1S/C14H12F3NO2/c15-14(16,17)20-13-4-2-1-3-12(13)19-11-7-5-10(9-18)6-8-11/h1-8H,9,18H2. The van der Waals surface area contributed by atoms with Gasteiger partial charge in [-0.25, -0.2) is 0 Å². The summed E-state index contributed by atoms with van der Waals surface area (Å²) in [6, 6.07) is 12.3. The second kappa shape index (κ2) is 5.83. The third-order valence-electron chi connectivity index (χ3n) is 2.46. The van der Waals surface area contributed by atoms with E-state index >= 15 is 0 Å². The summed E-state index contributed by atoms with van der Waals surface area (Å²) in [6.45, 7) is 0.383. The number of rotatable bonds is 4. The summed E-state index contributed by atoms with van der Waals surface area (Å²) < 4.78 is 46.1. The van der Waals surface area contributed by atoms with Gasteiger partial charge in [0.25, 0.3) is 0 Å². The normalized spacial score (nSPS) is 11.2. The van der Waals surface area contributed by atoms with Gasteiger partial charge in [0, 0.05) is 6.54 Å². The molecule has 0 fully saturated rings. The summed E-state index contributed by atoms with van der Waals surface area (Å²) in [4.78, 5) is 0. The fraction of sp³-hybridized carbons (Fsp3) is 0.143. The minimum atomic E-state index is -4.76. The average Bonchev–Trinajstić information content (AvgIpc) is 2.40. The first-order valence-corrected chi connectivity index (χ1v) is 5.79. The van der Waals surface area contributed by atoms with Crippen LogP contribution in [0.25, 0.3) is 0 Å². The number of para-hydroxylation sites is 2. The maximum Gasteiger partial charge on any atom is 0.573 e. The Labute approximate surface area is 113 Å². The van der Waals surface area contributed by atoms with Gasteiger partial charge in [0.15, 0.2) is 11.5 Å². The van der Waals surface area contributed by atoms with Crippen molar-refractivity contribution >= 4 is 0 Å². The summed E-state index contributed by atoms with van der Waals surface area (Å²) in [5.74, 6) is 0.00801. The number of nitrogens with two attached hydrogens (primary N) is 1. The number of halogens is 3. The zero-order valence-electron chi connectivity index (χ0n) is 10.4. The molecule has 0 aliphatic heterocycles. The van der Waals surface area contributed by atoms with Crippen molar-refractivity contribution in [2.75, 3.05) is 0 Å². The quantitative estimate of drug-likeness (QED) is 0.927. The summed E-state index contributed by atoms with van der Waals surface area (Å²) in [7, 11) is 0. The number of ether oxygens (including phenoxy) is 2. The van der Waals surface area contributed by atoms with Crippen molar-refractivity contribution in [1.82, 2.24) is 0 Å². The molecule has 0 unspecified atom stereocenters. The second-order valence-electron chi connectivity index (χ2n) is 3.94. The largest absolute Gasteiger partial charge is 0.573 e. The van der Waals surface area contributed by atoms with E-state index in [1.807, 2.05) is 0 Å². The zero-order chi connectivity index (χ0) is 14.6. The molecule has 0 radical (unpaired) electrons. The van der Waals surface area contributed by atoms with Crippen molar-refractivity contribution in [3.8, 4) is 17.2 Å². The van der Waals surface area contributed by atoms with Gasteiger partial charge in [-0.3, -0.25) is 0 Å². The molecule has 0 atom stereocenters. The van der Waals surface area contributed by atoms with Gasteiger partial charge in [-0.1, -0.05) is 24.3 Å². The summed E-state index contributed by atoms with van der Waals surface area (Å²) in [5.41, 5.74) is 6.36. The molecule has 3 nitrogen and oxygen atoms in total. The van der Waals surface area contributed by atoms with Crippen molar-refractivity contribution in [2.45, 2.75) is 12.9 Å². The molecule has 2 aromatic rings. The predicted molar refractivity (Wildman–Crippen MR) is 67.5 cm³/mol. The van der Waals surface area contributed by atoms with Crippen LogP contribution < -0.4 is 15.2 Å². The molecule has 0 aliphatic carbocycles. The van der Waals surface area contributed by atoms with Crippen LogP contribution in [-0.2, 0) is 6.54 Å². The molecule has 20 heavy (non-hydrogen) atoms. The molecule has 0 saturated carbocycles. The van der Waals surface area contributed by atoms with Crippen molar-refractivity contribution in [3.05, 3.63) is 54.1 Å². The smallest absolute Gasteiger partial charge is 0.453 e. The first-order valence-electron chi connectivity index (χ1n) is 5.79. The highest BCUT2D eigenvalue weighted by Gasteiger charge is 2.32. The molecule has 0 amide bonds. The van der Waals surface area contributed by atoms with E-state index in [1.54, 1.807) is 30.3 Å². The number of hydrogen-bond donors (Lipinski definition) is 1. The highest BCUT2D eigenvalue weighted by Crippen LogP contribution is 2.34. The summed E-state index contributed by atoms with van der Waals surface area (Å²) >= 11 is 0. The van der Waals surface area contributed by atoms with Gasteiger partial charge >= 0.3 is 6.36 Å².